The number of nitrogens with zero attached hydrogens (tertiary/aromatic N) is 1. The number of ether oxygens (including phenoxy) is 1. The van der Waals surface area contributed by atoms with Gasteiger partial charge in [-0.05, 0) is 37.8 Å². The molecule has 1 saturated carbocycles. The van der Waals surface area contributed by atoms with Crippen molar-refractivity contribution in [2.75, 3.05) is 13.7 Å². The van der Waals surface area contributed by atoms with Crippen molar-refractivity contribution in [2.45, 2.75) is 64.0 Å². The zero-order valence-corrected chi connectivity index (χ0v) is 14.9. The standard InChI is InChI=1S/C19H28FN3O2/c1-25-19-14(12-22-18(24)16-8-5-9-21-16)11-15(20)17(23-19)10-13-6-3-2-4-7-13/h11,13,16,21H,2-10,12H2,1H3,(H,22,24). The van der Waals surface area contributed by atoms with E-state index in [2.05, 4.69) is 15.6 Å². The van der Waals surface area contributed by atoms with E-state index in [0.717, 1.165) is 32.2 Å². The first-order valence-electron chi connectivity index (χ1n) is 9.40. The number of methoxy groups -OCH3 is 1. The number of carbonyl (C=O) groups excluding carboxylic acids is 1. The van der Waals surface area contributed by atoms with Gasteiger partial charge >= 0.3 is 0 Å². The molecule has 1 unspecified atom stereocenters. The number of amides is 1. The number of hydrogen-bond acceptors (Lipinski definition) is 4. The van der Waals surface area contributed by atoms with E-state index in [9.17, 15) is 9.18 Å². The predicted molar refractivity (Wildman–Crippen MR) is 93.9 cm³/mol. The highest BCUT2D eigenvalue weighted by Gasteiger charge is 2.23. The zero-order valence-electron chi connectivity index (χ0n) is 14.9. The predicted octanol–water partition coefficient (Wildman–Crippen LogP) is 2.72. The molecule has 2 N–H and O–H groups in total. The molecule has 1 atom stereocenters. The molecule has 2 fully saturated rings. The van der Waals surface area contributed by atoms with Gasteiger partial charge in [-0.2, -0.15) is 0 Å². The quantitative estimate of drug-likeness (QED) is 0.829. The van der Waals surface area contributed by atoms with Crippen molar-refractivity contribution in [2.24, 2.45) is 5.92 Å². The molecule has 0 spiro atoms. The second-order valence-electron chi connectivity index (χ2n) is 7.16. The largest absolute Gasteiger partial charge is 0.481 e. The number of nitrogens with one attached hydrogen (secondary N) is 2. The molecule has 1 amide bonds. The molecular weight excluding hydrogens is 321 g/mol. The summed E-state index contributed by atoms with van der Waals surface area (Å²) in [5, 5.41) is 6.01. The minimum atomic E-state index is -0.297. The van der Waals surface area contributed by atoms with Gasteiger partial charge in [-0.3, -0.25) is 4.79 Å². The molecule has 1 saturated heterocycles. The number of hydrogen-bond donors (Lipinski definition) is 2. The first kappa shape index (κ1) is 18.1. The van der Waals surface area contributed by atoms with E-state index >= 15 is 0 Å². The average Bonchev–Trinajstić information content (AvgIpc) is 3.17. The van der Waals surface area contributed by atoms with Crippen LogP contribution in [0.2, 0.25) is 0 Å². The molecule has 25 heavy (non-hydrogen) atoms. The fraction of sp³-hybridized carbons (Fsp3) is 0.684. The van der Waals surface area contributed by atoms with E-state index in [0.29, 0.717) is 29.5 Å². The van der Waals surface area contributed by atoms with Crippen LogP contribution in [-0.4, -0.2) is 30.6 Å². The molecule has 6 heteroatoms. The maximum atomic E-state index is 14.5. The molecule has 0 aromatic carbocycles. The summed E-state index contributed by atoms with van der Waals surface area (Å²) >= 11 is 0. The molecule has 0 bridgehead atoms. The minimum absolute atomic E-state index is 0.0498. The molecule has 3 rings (SSSR count). The first-order chi connectivity index (χ1) is 12.2. The Hall–Kier alpha value is -1.69. The molecule has 1 aromatic heterocycles. The van der Waals surface area contributed by atoms with Crippen LogP contribution in [0.3, 0.4) is 0 Å². The highest BCUT2D eigenvalue weighted by molar-refractivity contribution is 5.82. The van der Waals surface area contributed by atoms with Gasteiger partial charge in [0.1, 0.15) is 5.82 Å². The first-order valence-corrected chi connectivity index (χ1v) is 9.40. The third kappa shape index (κ3) is 4.69. The summed E-state index contributed by atoms with van der Waals surface area (Å²) in [5.41, 5.74) is 1.06. The maximum Gasteiger partial charge on any atom is 0.237 e. The van der Waals surface area contributed by atoms with Gasteiger partial charge in [0, 0.05) is 12.1 Å². The van der Waals surface area contributed by atoms with E-state index in [1.165, 1.54) is 32.4 Å². The Kier molecular flexibility index (Phi) is 6.24. The van der Waals surface area contributed by atoms with Crippen molar-refractivity contribution in [3.05, 3.63) is 23.1 Å². The van der Waals surface area contributed by atoms with Crippen LogP contribution in [0.5, 0.6) is 5.88 Å². The van der Waals surface area contributed by atoms with Gasteiger partial charge in [0.05, 0.1) is 18.8 Å². The Morgan fingerprint density at radius 3 is 2.80 bits per heavy atom. The van der Waals surface area contributed by atoms with E-state index < -0.39 is 0 Å². The second kappa shape index (κ2) is 8.61. The molecule has 2 heterocycles. The Bertz CT molecular complexity index is 597. The normalized spacial score (nSPS) is 21.3. The number of pyridine rings is 1. The van der Waals surface area contributed by atoms with Gasteiger partial charge in [0.15, 0.2) is 0 Å². The van der Waals surface area contributed by atoms with Crippen molar-refractivity contribution in [1.29, 1.82) is 0 Å². The number of halogens is 1. The molecule has 1 aromatic rings. The van der Waals surface area contributed by atoms with Crippen LogP contribution < -0.4 is 15.4 Å². The summed E-state index contributed by atoms with van der Waals surface area (Å²) in [5.74, 6) is 0.576. The maximum absolute atomic E-state index is 14.5. The molecule has 138 valence electrons. The van der Waals surface area contributed by atoms with E-state index in [-0.39, 0.29) is 24.3 Å². The third-order valence-electron chi connectivity index (χ3n) is 5.32. The van der Waals surface area contributed by atoms with E-state index in [1.54, 1.807) is 0 Å². The van der Waals surface area contributed by atoms with Crippen molar-refractivity contribution < 1.29 is 13.9 Å². The Balaban J connectivity index is 1.64. The fourth-order valence-electron chi connectivity index (χ4n) is 3.87. The van der Waals surface area contributed by atoms with Gasteiger partial charge in [-0.1, -0.05) is 32.1 Å². The summed E-state index contributed by atoms with van der Waals surface area (Å²) in [6.45, 7) is 1.10. The summed E-state index contributed by atoms with van der Waals surface area (Å²) in [4.78, 5) is 16.5. The Morgan fingerprint density at radius 1 is 1.32 bits per heavy atom. The Morgan fingerprint density at radius 2 is 2.12 bits per heavy atom. The van der Waals surface area contributed by atoms with Gasteiger partial charge in [0.25, 0.3) is 0 Å². The van der Waals surface area contributed by atoms with Crippen molar-refractivity contribution in [3.8, 4) is 5.88 Å². The summed E-state index contributed by atoms with van der Waals surface area (Å²) in [7, 11) is 1.54. The van der Waals surface area contributed by atoms with Crippen LogP contribution in [0.1, 0.15) is 56.2 Å². The molecule has 2 aliphatic rings. The van der Waals surface area contributed by atoms with Crippen molar-refractivity contribution in [1.82, 2.24) is 15.6 Å². The molecule has 1 aliphatic heterocycles. The summed E-state index contributed by atoms with van der Waals surface area (Å²) in [6.07, 6.45) is 8.55. The molecular formula is C19H28FN3O2. The van der Waals surface area contributed by atoms with Gasteiger partial charge in [0.2, 0.25) is 11.8 Å². The van der Waals surface area contributed by atoms with Crippen molar-refractivity contribution >= 4 is 5.91 Å². The second-order valence-corrected chi connectivity index (χ2v) is 7.16. The lowest BCUT2D eigenvalue weighted by Gasteiger charge is -2.21. The lowest BCUT2D eigenvalue weighted by atomic mass is 9.86. The number of aromatic nitrogens is 1. The summed E-state index contributed by atoms with van der Waals surface area (Å²) < 4.78 is 19.8. The zero-order chi connectivity index (χ0) is 17.6. The number of carbonyl (C=O) groups is 1. The lowest BCUT2D eigenvalue weighted by Crippen LogP contribution is -2.40. The van der Waals surface area contributed by atoms with Gasteiger partial charge in [-0.15, -0.1) is 0 Å². The molecule has 5 nitrogen and oxygen atoms in total. The van der Waals surface area contributed by atoms with E-state index in [1.807, 2.05) is 0 Å². The lowest BCUT2D eigenvalue weighted by molar-refractivity contribution is -0.122. The monoisotopic (exact) mass is 349 g/mol. The SMILES string of the molecule is COc1nc(CC2CCCCC2)c(F)cc1CNC(=O)C1CCCN1. The van der Waals surface area contributed by atoms with Gasteiger partial charge in [-0.25, -0.2) is 9.37 Å². The molecule has 0 radical (unpaired) electrons. The van der Waals surface area contributed by atoms with Crippen LogP contribution >= 0.6 is 0 Å². The average molecular weight is 349 g/mol. The van der Waals surface area contributed by atoms with Gasteiger partial charge < -0.3 is 15.4 Å². The smallest absolute Gasteiger partial charge is 0.237 e. The third-order valence-corrected chi connectivity index (χ3v) is 5.32. The van der Waals surface area contributed by atoms with Crippen LogP contribution in [-0.2, 0) is 17.8 Å². The van der Waals surface area contributed by atoms with Crippen LogP contribution in [0.15, 0.2) is 6.07 Å². The molecule has 1 aliphatic carbocycles. The van der Waals surface area contributed by atoms with Crippen molar-refractivity contribution in [3.63, 3.8) is 0 Å². The summed E-state index contributed by atoms with van der Waals surface area (Å²) in [6, 6.07) is 1.32. The van der Waals surface area contributed by atoms with Crippen LogP contribution in [0.4, 0.5) is 4.39 Å². The fourth-order valence-corrected chi connectivity index (χ4v) is 3.87. The number of rotatable bonds is 6. The minimum Gasteiger partial charge on any atom is -0.481 e. The highest BCUT2D eigenvalue weighted by Crippen LogP contribution is 2.28. The Labute approximate surface area is 148 Å². The van der Waals surface area contributed by atoms with Crippen LogP contribution in [0.25, 0.3) is 0 Å². The van der Waals surface area contributed by atoms with Crippen LogP contribution in [0, 0.1) is 11.7 Å². The topological polar surface area (TPSA) is 63.2 Å². The highest BCUT2D eigenvalue weighted by atomic mass is 19.1. The van der Waals surface area contributed by atoms with E-state index in [4.69, 9.17) is 4.74 Å².